The molecule has 3 heterocycles. The highest BCUT2D eigenvalue weighted by molar-refractivity contribution is 7.08. The minimum Gasteiger partial charge on any atom is -0.451 e. The number of benzene rings is 1. The second-order valence-corrected chi connectivity index (χ2v) is 6.40. The number of carbonyl (C=O) groups is 1. The van der Waals surface area contributed by atoms with Crippen LogP contribution in [0, 0.1) is 0 Å². The summed E-state index contributed by atoms with van der Waals surface area (Å²) in [7, 11) is 0. The summed E-state index contributed by atoms with van der Waals surface area (Å²) in [6.07, 6.45) is 0. The summed E-state index contributed by atoms with van der Waals surface area (Å²) in [6.45, 7) is 1.94. The highest BCUT2D eigenvalue weighted by atomic mass is 32.1. The molecule has 0 radical (unpaired) electrons. The van der Waals surface area contributed by atoms with Crippen molar-refractivity contribution >= 4 is 28.1 Å². The number of nitrogens with zero attached hydrogens (tertiary/aromatic N) is 4. The van der Waals surface area contributed by atoms with Crippen LogP contribution in [0.25, 0.3) is 22.2 Å². The standard InChI is InChI=1S/C18H14N4O4S/c1-2-22-17(23)13-6-4-3-5-12(13)15(20-22)18(24)25-9-14-19-16(21-26-14)11-7-8-27-10-11/h3-8,10H,2,9H2,1H3. The van der Waals surface area contributed by atoms with E-state index in [9.17, 15) is 9.59 Å². The fourth-order valence-electron chi connectivity index (χ4n) is 2.62. The molecule has 4 aromatic rings. The Morgan fingerprint density at radius 2 is 2.07 bits per heavy atom. The Hall–Kier alpha value is -3.33. The van der Waals surface area contributed by atoms with Crippen LogP contribution in [0.2, 0.25) is 0 Å². The molecule has 1 aromatic carbocycles. The minimum atomic E-state index is -0.663. The fraction of sp³-hybridized carbons (Fsp3) is 0.167. The third kappa shape index (κ3) is 3.24. The number of aromatic nitrogens is 4. The van der Waals surface area contributed by atoms with Crippen LogP contribution in [-0.4, -0.2) is 25.9 Å². The zero-order chi connectivity index (χ0) is 18.8. The van der Waals surface area contributed by atoms with Crippen LogP contribution in [0.3, 0.4) is 0 Å². The third-order valence-electron chi connectivity index (χ3n) is 3.93. The fourth-order valence-corrected chi connectivity index (χ4v) is 3.25. The average molecular weight is 382 g/mol. The number of rotatable bonds is 5. The van der Waals surface area contributed by atoms with Crippen LogP contribution in [0.5, 0.6) is 0 Å². The first kappa shape index (κ1) is 17.1. The van der Waals surface area contributed by atoms with E-state index in [-0.39, 0.29) is 23.8 Å². The minimum absolute atomic E-state index is 0.0737. The number of carbonyl (C=O) groups excluding carboxylic acids is 1. The van der Waals surface area contributed by atoms with Gasteiger partial charge in [-0.3, -0.25) is 4.79 Å². The molecule has 0 bridgehead atoms. The number of aryl methyl sites for hydroxylation is 1. The van der Waals surface area contributed by atoms with Gasteiger partial charge in [-0.15, -0.1) is 0 Å². The van der Waals surface area contributed by atoms with E-state index in [0.29, 0.717) is 23.1 Å². The van der Waals surface area contributed by atoms with Crippen molar-refractivity contribution in [2.75, 3.05) is 0 Å². The molecule has 0 saturated carbocycles. The molecular weight excluding hydrogens is 368 g/mol. The van der Waals surface area contributed by atoms with Crippen LogP contribution < -0.4 is 5.56 Å². The lowest BCUT2D eigenvalue weighted by Crippen LogP contribution is -2.25. The second kappa shape index (κ2) is 7.12. The van der Waals surface area contributed by atoms with Gasteiger partial charge in [0.1, 0.15) is 0 Å². The van der Waals surface area contributed by atoms with Crippen LogP contribution in [0.4, 0.5) is 0 Å². The Bertz CT molecular complexity index is 1160. The predicted octanol–water partition coefficient (Wildman–Crippen LogP) is 2.88. The monoisotopic (exact) mass is 382 g/mol. The lowest BCUT2D eigenvalue weighted by Gasteiger charge is -2.08. The first-order valence-electron chi connectivity index (χ1n) is 8.19. The van der Waals surface area contributed by atoms with Gasteiger partial charge in [0, 0.05) is 22.9 Å². The van der Waals surface area contributed by atoms with Crippen molar-refractivity contribution in [1.82, 2.24) is 19.9 Å². The molecule has 8 nitrogen and oxygen atoms in total. The van der Waals surface area contributed by atoms with Gasteiger partial charge >= 0.3 is 5.97 Å². The molecule has 0 unspecified atom stereocenters. The highest BCUT2D eigenvalue weighted by Crippen LogP contribution is 2.19. The molecule has 0 N–H and O–H groups in total. The summed E-state index contributed by atoms with van der Waals surface area (Å²) in [5.41, 5.74) is 0.663. The number of hydrogen-bond acceptors (Lipinski definition) is 8. The van der Waals surface area contributed by atoms with Crippen molar-refractivity contribution in [3.63, 3.8) is 0 Å². The average Bonchev–Trinajstić information content (AvgIpc) is 3.38. The van der Waals surface area contributed by atoms with Crippen molar-refractivity contribution in [2.45, 2.75) is 20.1 Å². The molecule has 0 amide bonds. The van der Waals surface area contributed by atoms with Gasteiger partial charge in [0.2, 0.25) is 5.82 Å². The Morgan fingerprint density at radius 1 is 1.26 bits per heavy atom. The molecule has 27 heavy (non-hydrogen) atoms. The van der Waals surface area contributed by atoms with Gasteiger partial charge in [-0.25, -0.2) is 9.48 Å². The molecule has 0 atom stereocenters. The lowest BCUT2D eigenvalue weighted by molar-refractivity contribution is 0.0422. The number of thiophene rings is 1. The molecule has 4 rings (SSSR count). The Kier molecular flexibility index (Phi) is 4.51. The maximum atomic E-state index is 12.6. The molecule has 136 valence electrons. The van der Waals surface area contributed by atoms with Crippen LogP contribution in [-0.2, 0) is 17.9 Å². The van der Waals surface area contributed by atoms with E-state index < -0.39 is 5.97 Å². The molecule has 0 aliphatic carbocycles. The Balaban J connectivity index is 1.59. The number of hydrogen-bond donors (Lipinski definition) is 0. The van der Waals surface area contributed by atoms with Gasteiger partial charge < -0.3 is 9.26 Å². The predicted molar refractivity (Wildman–Crippen MR) is 98.4 cm³/mol. The van der Waals surface area contributed by atoms with Crippen molar-refractivity contribution in [1.29, 1.82) is 0 Å². The first-order chi connectivity index (χ1) is 13.2. The molecule has 0 fully saturated rings. The summed E-state index contributed by atoms with van der Waals surface area (Å²) < 4.78 is 11.6. The SMILES string of the molecule is CCn1nc(C(=O)OCc2nc(-c3ccsc3)no2)c2ccccc2c1=O. The molecular formula is C18H14N4O4S. The summed E-state index contributed by atoms with van der Waals surface area (Å²) in [5.74, 6) is -0.0493. The molecule has 9 heteroatoms. The summed E-state index contributed by atoms with van der Waals surface area (Å²) in [4.78, 5) is 29.1. The Labute approximate surface area is 157 Å². The maximum absolute atomic E-state index is 12.6. The maximum Gasteiger partial charge on any atom is 0.359 e. The zero-order valence-corrected chi connectivity index (χ0v) is 15.1. The van der Waals surface area contributed by atoms with Gasteiger partial charge in [-0.1, -0.05) is 23.4 Å². The quantitative estimate of drug-likeness (QED) is 0.489. The van der Waals surface area contributed by atoms with Crippen molar-refractivity contribution in [2.24, 2.45) is 0 Å². The van der Waals surface area contributed by atoms with Crippen molar-refractivity contribution < 1.29 is 14.1 Å². The molecule has 0 aliphatic rings. The van der Waals surface area contributed by atoms with Crippen LogP contribution in [0.1, 0.15) is 23.3 Å². The van der Waals surface area contributed by atoms with Crippen LogP contribution >= 0.6 is 11.3 Å². The van der Waals surface area contributed by atoms with Crippen molar-refractivity contribution in [3.05, 3.63) is 63.0 Å². The van der Waals surface area contributed by atoms with E-state index in [2.05, 4.69) is 15.2 Å². The summed E-state index contributed by atoms with van der Waals surface area (Å²) in [5, 5.41) is 12.7. The number of ether oxygens (including phenoxy) is 1. The van der Waals surface area contributed by atoms with Gasteiger partial charge in [0.15, 0.2) is 12.3 Å². The van der Waals surface area contributed by atoms with E-state index in [1.807, 2.05) is 16.8 Å². The van der Waals surface area contributed by atoms with E-state index >= 15 is 0 Å². The second-order valence-electron chi connectivity index (χ2n) is 5.61. The Morgan fingerprint density at radius 3 is 2.81 bits per heavy atom. The zero-order valence-electron chi connectivity index (χ0n) is 14.3. The molecule has 0 saturated heterocycles. The molecule has 3 aromatic heterocycles. The largest absolute Gasteiger partial charge is 0.451 e. The summed E-state index contributed by atoms with van der Waals surface area (Å²) in [6, 6.07) is 8.68. The van der Waals surface area contributed by atoms with E-state index in [4.69, 9.17) is 9.26 Å². The third-order valence-corrected chi connectivity index (χ3v) is 4.62. The van der Waals surface area contributed by atoms with E-state index in [1.165, 1.54) is 16.0 Å². The van der Waals surface area contributed by atoms with Crippen molar-refractivity contribution in [3.8, 4) is 11.4 Å². The van der Waals surface area contributed by atoms with Gasteiger partial charge in [0.05, 0.1) is 5.39 Å². The normalized spacial score (nSPS) is 11.0. The van der Waals surface area contributed by atoms with E-state index in [0.717, 1.165) is 5.56 Å². The summed E-state index contributed by atoms with van der Waals surface area (Å²) >= 11 is 1.52. The van der Waals surface area contributed by atoms with E-state index in [1.54, 1.807) is 31.2 Å². The topological polar surface area (TPSA) is 100 Å². The van der Waals surface area contributed by atoms with Crippen LogP contribution in [0.15, 0.2) is 50.4 Å². The van der Waals surface area contributed by atoms with Gasteiger partial charge in [-0.2, -0.15) is 21.4 Å². The smallest absolute Gasteiger partial charge is 0.359 e. The molecule has 0 aliphatic heterocycles. The lowest BCUT2D eigenvalue weighted by atomic mass is 10.1. The first-order valence-corrected chi connectivity index (χ1v) is 9.13. The molecule has 0 spiro atoms. The highest BCUT2D eigenvalue weighted by Gasteiger charge is 2.19. The van der Waals surface area contributed by atoms with Gasteiger partial charge in [0.25, 0.3) is 11.4 Å². The van der Waals surface area contributed by atoms with Gasteiger partial charge in [-0.05, 0) is 24.4 Å². The number of fused-ring (bicyclic) bond motifs is 1. The number of esters is 1.